The van der Waals surface area contributed by atoms with Gasteiger partial charge < -0.3 is 14.2 Å². The first kappa shape index (κ1) is 39.1. The molecule has 9 heteroatoms. The van der Waals surface area contributed by atoms with Crippen molar-refractivity contribution in [1.82, 2.24) is 14.7 Å². The van der Waals surface area contributed by atoms with Crippen LogP contribution < -0.4 is 0 Å². The molecule has 48 heavy (non-hydrogen) atoms. The van der Waals surface area contributed by atoms with Crippen LogP contribution in [0.25, 0.3) is 0 Å². The first-order chi connectivity index (χ1) is 21.7. The maximum atomic E-state index is 14.2. The van der Waals surface area contributed by atoms with Crippen LogP contribution in [0.15, 0.2) is 0 Å². The molecular weight excluding hydrogens is 606 g/mol. The van der Waals surface area contributed by atoms with Crippen molar-refractivity contribution in [3.63, 3.8) is 0 Å². The van der Waals surface area contributed by atoms with Gasteiger partial charge >= 0.3 is 17.9 Å². The first-order valence-corrected chi connectivity index (χ1v) is 18.5. The Bertz CT molecular complexity index is 1170. The molecule has 3 aliphatic heterocycles. The number of piperidine rings is 3. The molecular formula is C39H69N3O6. The molecule has 276 valence electrons. The zero-order chi connectivity index (χ0) is 36.4. The second-order valence-corrected chi connectivity index (χ2v) is 19.7. The van der Waals surface area contributed by atoms with E-state index in [0.717, 1.165) is 25.7 Å². The molecule has 4 rings (SSSR count). The van der Waals surface area contributed by atoms with Crippen LogP contribution in [0.1, 0.15) is 141 Å². The van der Waals surface area contributed by atoms with Crippen LogP contribution in [0.4, 0.5) is 0 Å². The van der Waals surface area contributed by atoms with E-state index in [0.29, 0.717) is 25.7 Å². The summed E-state index contributed by atoms with van der Waals surface area (Å²) in [7, 11) is 6.39. The van der Waals surface area contributed by atoms with Crippen LogP contribution in [0, 0.1) is 17.8 Å². The maximum absolute atomic E-state index is 14.2. The molecule has 0 radical (unpaired) electrons. The van der Waals surface area contributed by atoms with E-state index in [1.807, 2.05) is 0 Å². The molecule has 3 heterocycles. The molecule has 4 fully saturated rings. The van der Waals surface area contributed by atoms with Crippen molar-refractivity contribution in [2.45, 2.75) is 192 Å². The number of carbonyl (C=O) groups excluding carboxylic acids is 3. The third-order valence-electron chi connectivity index (χ3n) is 13.4. The van der Waals surface area contributed by atoms with E-state index in [9.17, 15) is 14.4 Å². The molecule has 0 N–H and O–H groups in total. The first-order valence-electron chi connectivity index (χ1n) is 18.5. The Kier molecular flexibility index (Phi) is 10.7. The Hall–Kier alpha value is -1.71. The van der Waals surface area contributed by atoms with Gasteiger partial charge in [0.15, 0.2) is 0 Å². The molecule has 0 aromatic rings. The van der Waals surface area contributed by atoms with Crippen molar-refractivity contribution >= 4 is 17.9 Å². The van der Waals surface area contributed by atoms with E-state index in [2.05, 4.69) is 119 Å². The summed E-state index contributed by atoms with van der Waals surface area (Å²) in [5.41, 5.74) is -0.838. The highest BCUT2D eigenvalue weighted by atomic mass is 16.6. The summed E-state index contributed by atoms with van der Waals surface area (Å²) in [5, 5.41) is 0. The summed E-state index contributed by atoms with van der Waals surface area (Å²) in [6.07, 6.45) is 4.73. The molecule has 1 saturated carbocycles. The van der Waals surface area contributed by atoms with Crippen LogP contribution in [-0.2, 0) is 28.6 Å². The van der Waals surface area contributed by atoms with E-state index < -0.39 is 17.8 Å². The van der Waals surface area contributed by atoms with Crippen LogP contribution >= 0.6 is 0 Å². The van der Waals surface area contributed by atoms with Gasteiger partial charge in [-0.25, -0.2) is 0 Å². The smallest absolute Gasteiger partial charge is 0.310 e. The highest BCUT2D eigenvalue weighted by Gasteiger charge is 2.51. The number of carbonyl (C=O) groups is 3. The van der Waals surface area contributed by atoms with E-state index in [-0.39, 0.29) is 75.9 Å². The van der Waals surface area contributed by atoms with Gasteiger partial charge in [-0.05, 0) is 123 Å². The average molecular weight is 676 g/mol. The molecule has 0 spiro atoms. The van der Waals surface area contributed by atoms with Crippen molar-refractivity contribution in [3.8, 4) is 0 Å². The molecule has 0 aromatic heterocycles. The van der Waals surface area contributed by atoms with Gasteiger partial charge in [-0.15, -0.1) is 0 Å². The lowest BCUT2D eigenvalue weighted by atomic mass is 9.73. The molecule has 0 aromatic carbocycles. The van der Waals surface area contributed by atoms with Crippen molar-refractivity contribution in [2.24, 2.45) is 17.8 Å². The summed E-state index contributed by atoms with van der Waals surface area (Å²) < 4.78 is 18.8. The lowest BCUT2D eigenvalue weighted by Crippen LogP contribution is -2.61. The Labute approximate surface area is 292 Å². The minimum absolute atomic E-state index is 0.118. The van der Waals surface area contributed by atoms with Crippen LogP contribution in [-0.4, -0.2) is 105 Å². The number of esters is 3. The number of ether oxygens (including phenoxy) is 3. The van der Waals surface area contributed by atoms with Gasteiger partial charge in [-0.1, -0.05) is 0 Å². The zero-order valence-electron chi connectivity index (χ0n) is 33.1. The van der Waals surface area contributed by atoms with Gasteiger partial charge in [0, 0.05) is 71.8 Å². The van der Waals surface area contributed by atoms with Crippen LogP contribution in [0.3, 0.4) is 0 Å². The standard InChI is InChI=1S/C39H69N3O6/c1-34(2)19-26(20-35(3,4)40(34)13)46-31(43)25-16-17-29(32(44)47-27-21-36(5,6)41(14)37(7,8)22-27)30(18-25)33(45)48-28-23-38(9,10)42(15)39(11,12)24-28/h25-30H,16-24H2,1-15H3. The maximum Gasteiger partial charge on any atom is 0.310 e. The van der Waals surface area contributed by atoms with Crippen molar-refractivity contribution in [1.29, 1.82) is 0 Å². The molecule has 1 aliphatic carbocycles. The van der Waals surface area contributed by atoms with E-state index >= 15 is 0 Å². The molecule has 3 saturated heterocycles. The summed E-state index contributed by atoms with van der Waals surface area (Å²) in [5.74, 6) is -2.87. The Morgan fingerprint density at radius 3 is 1.02 bits per heavy atom. The Morgan fingerprint density at radius 2 is 0.708 bits per heavy atom. The van der Waals surface area contributed by atoms with Gasteiger partial charge in [-0.3, -0.25) is 29.1 Å². The van der Waals surface area contributed by atoms with Gasteiger partial charge in [0.25, 0.3) is 0 Å². The fourth-order valence-electron chi connectivity index (χ4n) is 9.78. The molecule has 3 atom stereocenters. The minimum atomic E-state index is -0.757. The fourth-order valence-corrected chi connectivity index (χ4v) is 9.78. The molecule has 3 unspecified atom stereocenters. The van der Waals surface area contributed by atoms with Gasteiger partial charge in [0.2, 0.25) is 0 Å². The number of rotatable bonds is 6. The number of likely N-dealkylation sites (tertiary alicyclic amines) is 3. The zero-order valence-corrected chi connectivity index (χ0v) is 33.1. The van der Waals surface area contributed by atoms with Crippen molar-refractivity contribution in [2.75, 3.05) is 21.1 Å². The normalized spacial score (nSPS) is 32.7. The fraction of sp³-hybridized carbons (Fsp3) is 0.923. The number of hydrogen-bond acceptors (Lipinski definition) is 9. The monoisotopic (exact) mass is 676 g/mol. The second kappa shape index (κ2) is 13.1. The molecule has 0 amide bonds. The summed E-state index contributed by atoms with van der Waals surface area (Å²) in [4.78, 5) is 49.1. The molecule has 0 bridgehead atoms. The average Bonchev–Trinajstić information content (AvgIpc) is 2.92. The summed E-state index contributed by atoms with van der Waals surface area (Å²) in [6, 6.07) is 0. The minimum Gasteiger partial charge on any atom is -0.462 e. The third-order valence-corrected chi connectivity index (χ3v) is 13.4. The van der Waals surface area contributed by atoms with E-state index in [1.165, 1.54) is 0 Å². The summed E-state index contributed by atoms with van der Waals surface area (Å²) >= 11 is 0. The number of hydrogen-bond donors (Lipinski definition) is 0. The topological polar surface area (TPSA) is 88.6 Å². The second-order valence-electron chi connectivity index (χ2n) is 19.7. The lowest BCUT2D eigenvalue weighted by molar-refractivity contribution is -0.182. The summed E-state index contributed by atoms with van der Waals surface area (Å²) in [6.45, 7) is 26.2. The lowest BCUT2D eigenvalue weighted by Gasteiger charge is -2.53. The predicted octanol–water partition coefficient (Wildman–Crippen LogP) is 6.60. The van der Waals surface area contributed by atoms with E-state index in [1.54, 1.807) is 0 Å². The van der Waals surface area contributed by atoms with E-state index in [4.69, 9.17) is 14.2 Å². The van der Waals surface area contributed by atoms with Gasteiger partial charge in [-0.2, -0.15) is 0 Å². The largest absolute Gasteiger partial charge is 0.462 e. The highest BCUT2D eigenvalue weighted by molar-refractivity contribution is 5.84. The Morgan fingerprint density at radius 1 is 0.438 bits per heavy atom. The quantitative estimate of drug-likeness (QED) is 0.228. The van der Waals surface area contributed by atoms with Gasteiger partial charge in [0.1, 0.15) is 18.3 Å². The van der Waals surface area contributed by atoms with Gasteiger partial charge in [0.05, 0.1) is 17.8 Å². The van der Waals surface area contributed by atoms with Crippen LogP contribution in [0.5, 0.6) is 0 Å². The predicted molar refractivity (Wildman–Crippen MR) is 189 cm³/mol. The van der Waals surface area contributed by atoms with Crippen molar-refractivity contribution in [3.05, 3.63) is 0 Å². The van der Waals surface area contributed by atoms with Crippen molar-refractivity contribution < 1.29 is 28.6 Å². The Balaban J connectivity index is 1.53. The highest BCUT2D eigenvalue weighted by Crippen LogP contribution is 2.44. The molecule has 9 nitrogen and oxygen atoms in total. The SMILES string of the molecule is CN1C(C)(C)CC(OC(=O)C2CCC(C(=O)OC3CC(C)(C)N(C)C(C)(C)C3)C(C(=O)OC3CC(C)(C)N(C)C(C)(C)C3)C2)CC1(C)C. The number of nitrogens with zero attached hydrogens (tertiary/aromatic N) is 3. The third kappa shape index (κ3) is 8.09. The molecule has 4 aliphatic rings. The van der Waals surface area contributed by atoms with Crippen LogP contribution in [0.2, 0.25) is 0 Å².